The fraction of sp³-hybridized carbons (Fsp3) is 0.357. The van der Waals surface area contributed by atoms with E-state index in [9.17, 15) is 4.39 Å². The molecule has 2 rings (SSSR count). The fourth-order valence-electron chi connectivity index (χ4n) is 2.28. The lowest BCUT2D eigenvalue weighted by molar-refractivity contribution is 0.398. The third-order valence-electron chi connectivity index (χ3n) is 3.30. The Morgan fingerprint density at radius 1 is 1.50 bits per heavy atom. The standard InChI is InChI=1S/C14H17ClFN3O/c1-8-9(14(15)19(2)18-8)7-11(17)13-10(16)5-4-6-12(13)20-3/h4-6,11H,7,17H2,1-3H3. The second-order valence-corrected chi connectivity index (χ2v) is 5.00. The van der Waals surface area contributed by atoms with Crippen LogP contribution in [0.2, 0.25) is 5.15 Å². The number of ether oxygens (including phenoxy) is 1. The highest BCUT2D eigenvalue weighted by Crippen LogP contribution is 2.31. The summed E-state index contributed by atoms with van der Waals surface area (Å²) in [5.74, 6) is 0.0599. The van der Waals surface area contributed by atoms with Gasteiger partial charge in [-0.15, -0.1) is 0 Å². The molecule has 1 unspecified atom stereocenters. The Balaban J connectivity index is 2.35. The second-order valence-electron chi connectivity index (χ2n) is 4.64. The Hall–Kier alpha value is -1.59. The molecule has 1 aromatic carbocycles. The number of aromatic nitrogens is 2. The number of methoxy groups -OCH3 is 1. The maximum atomic E-state index is 14.0. The molecule has 0 amide bonds. The summed E-state index contributed by atoms with van der Waals surface area (Å²) >= 11 is 6.18. The van der Waals surface area contributed by atoms with Gasteiger partial charge in [-0.25, -0.2) is 4.39 Å². The third-order valence-corrected chi connectivity index (χ3v) is 3.77. The van der Waals surface area contributed by atoms with Gasteiger partial charge in [-0.05, 0) is 25.5 Å². The van der Waals surface area contributed by atoms with E-state index in [2.05, 4.69) is 5.10 Å². The van der Waals surface area contributed by atoms with Crippen molar-refractivity contribution in [3.8, 4) is 5.75 Å². The molecule has 4 nitrogen and oxygen atoms in total. The zero-order valence-corrected chi connectivity index (χ0v) is 12.4. The number of nitrogens with zero attached hydrogens (tertiary/aromatic N) is 2. The van der Waals surface area contributed by atoms with Crippen LogP contribution >= 0.6 is 11.6 Å². The van der Waals surface area contributed by atoms with Gasteiger partial charge in [0.1, 0.15) is 16.7 Å². The Bertz CT molecular complexity index is 627. The first kappa shape index (κ1) is 14.8. The van der Waals surface area contributed by atoms with Gasteiger partial charge in [0, 0.05) is 24.2 Å². The van der Waals surface area contributed by atoms with Gasteiger partial charge < -0.3 is 10.5 Å². The van der Waals surface area contributed by atoms with Crippen LogP contribution < -0.4 is 10.5 Å². The minimum Gasteiger partial charge on any atom is -0.496 e. The normalized spacial score (nSPS) is 12.5. The molecule has 0 spiro atoms. The van der Waals surface area contributed by atoms with E-state index in [-0.39, 0.29) is 5.82 Å². The van der Waals surface area contributed by atoms with Crippen LogP contribution in [0.4, 0.5) is 4.39 Å². The van der Waals surface area contributed by atoms with Gasteiger partial charge in [0.2, 0.25) is 0 Å². The number of rotatable bonds is 4. The van der Waals surface area contributed by atoms with Crippen LogP contribution in [0.15, 0.2) is 18.2 Å². The first-order chi connectivity index (χ1) is 9.45. The Kier molecular flexibility index (Phi) is 4.30. The summed E-state index contributed by atoms with van der Waals surface area (Å²) in [5, 5.41) is 4.75. The molecular formula is C14H17ClFN3O. The van der Waals surface area contributed by atoms with Crippen molar-refractivity contribution in [3.63, 3.8) is 0 Å². The van der Waals surface area contributed by atoms with E-state index in [1.54, 1.807) is 23.9 Å². The highest BCUT2D eigenvalue weighted by atomic mass is 35.5. The number of hydrogen-bond donors (Lipinski definition) is 1. The molecule has 1 heterocycles. The summed E-state index contributed by atoms with van der Waals surface area (Å²) < 4.78 is 20.7. The minimum absolute atomic E-state index is 0.356. The first-order valence-electron chi connectivity index (χ1n) is 6.21. The van der Waals surface area contributed by atoms with E-state index in [0.717, 1.165) is 11.3 Å². The number of aryl methyl sites for hydroxylation is 2. The summed E-state index contributed by atoms with van der Waals surface area (Å²) in [6, 6.07) is 4.10. The fourth-order valence-corrected chi connectivity index (χ4v) is 2.53. The second kappa shape index (κ2) is 5.81. The van der Waals surface area contributed by atoms with Gasteiger partial charge in [-0.3, -0.25) is 4.68 Å². The molecule has 0 saturated heterocycles. The number of nitrogens with two attached hydrogens (primary N) is 1. The van der Waals surface area contributed by atoms with Gasteiger partial charge in [0.25, 0.3) is 0 Å². The summed E-state index contributed by atoms with van der Waals surface area (Å²) in [7, 11) is 3.25. The predicted octanol–water partition coefficient (Wildman–Crippen LogP) is 2.77. The van der Waals surface area contributed by atoms with E-state index < -0.39 is 6.04 Å². The molecule has 0 aliphatic carbocycles. The van der Waals surface area contributed by atoms with Crippen molar-refractivity contribution in [3.05, 3.63) is 46.0 Å². The minimum atomic E-state index is -0.549. The molecule has 0 aliphatic rings. The van der Waals surface area contributed by atoms with Gasteiger partial charge in [-0.2, -0.15) is 5.10 Å². The van der Waals surface area contributed by atoms with Crippen molar-refractivity contribution in [2.45, 2.75) is 19.4 Å². The quantitative estimate of drug-likeness (QED) is 0.944. The van der Waals surface area contributed by atoms with Gasteiger partial charge >= 0.3 is 0 Å². The van der Waals surface area contributed by atoms with Crippen LogP contribution in [0.1, 0.15) is 22.9 Å². The molecule has 6 heteroatoms. The summed E-state index contributed by atoms with van der Waals surface area (Å²) in [6.45, 7) is 1.85. The molecule has 0 saturated carbocycles. The molecule has 2 aromatic rings. The Morgan fingerprint density at radius 2 is 2.20 bits per heavy atom. The zero-order valence-electron chi connectivity index (χ0n) is 11.7. The van der Waals surface area contributed by atoms with Crippen molar-refractivity contribution in [1.29, 1.82) is 0 Å². The average Bonchev–Trinajstić information content (AvgIpc) is 2.64. The molecule has 1 aromatic heterocycles. The zero-order chi connectivity index (χ0) is 14.9. The van der Waals surface area contributed by atoms with Crippen LogP contribution in [-0.2, 0) is 13.5 Å². The maximum Gasteiger partial charge on any atom is 0.131 e. The summed E-state index contributed by atoms with van der Waals surface area (Å²) in [4.78, 5) is 0. The Labute approximate surface area is 122 Å². The SMILES string of the molecule is COc1cccc(F)c1C(N)Cc1c(C)nn(C)c1Cl. The largest absolute Gasteiger partial charge is 0.496 e. The van der Waals surface area contributed by atoms with Gasteiger partial charge in [0.05, 0.1) is 12.8 Å². The van der Waals surface area contributed by atoms with E-state index in [1.165, 1.54) is 13.2 Å². The van der Waals surface area contributed by atoms with Crippen molar-refractivity contribution >= 4 is 11.6 Å². The molecular weight excluding hydrogens is 281 g/mol. The molecule has 0 fully saturated rings. The van der Waals surface area contributed by atoms with Crippen LogP contribution in [0.3, 0.4) is 0 Å². The molecule has 1 atom stereocenters. The lowest BCUT2D eigenvalue weighted by Gasteiger charge is -2.16. The third kappa shape index (κ3) is 2.64. The Morgan fingerprint density at radius 3 is 2.75 bits per heavy atom. The van der Waals surface area contributed by atoms with Crippen LogP contribution in [0.5, 0.6) is 5.75 Å². The monoisotopic (exact) mass is 297 g/mol. The molecule has 2 N–H and O–H groups in total. The molecule has 20 heavy (non-hydrogen) atoms. The number of halogens is 2. The molecule has 0 radical (unpaired) electrons. The highest BCUT2D eigenvalue weighted by Gasteiger charge is 2.21. The smallest absolute Gasteiger partial charge is 0.131 e. The van der Waals surface area contributed by atoms with Crippen LogP contribution in [0, 0.1) is 12.7 Å². The van der Waals surface area contributed by atoms with E-state index in [0.29, 0.717) is 22.9 Å². The summed E-state index contributed by atoms with van der Waals surface area (Å²) in [5.41, 5.74) is 8.11. The van der Waals surface area contributed by atoms with Gasteiger partial charge in [-0.1, -0.05) is 17.7 Å². The topological polar surface area (TPSA) is 53.1 Å². The van der Waals surface area contributed by atoms with Gasteiger partial charge in [0.15, 0.2) is 0 Å². The van der Waals surface area contributed by atoms with Crippen molar-refractivity contribution < 1.29 is 9.13 Å². The number of benzene rings is 1. The molecule has 0 bridgehead atoms. The van der Waals surface area contributed by atoms with Crippen molar-refractivity contribution in [2.75, 3.05) is 7.11 Å². The highest BCUT2D eigenvalue weighted by molar-refractivity contribution is 6.30. The molecule has 108 valence electrons. The van der Waals surface area contributed by atoms with E-state index in [4.69, 9.17) is 22.1 Å². The van der Waals surface area contributed by atoms with Crippen molar-refractivity contribution in [1.82, 2.24) is 9.78 Å². The number of hydrogen-bond acceptors (Lipinski definition) is 3. The lowest BCUT2D eigenvalue weighted by Crippen LogP contribution is -2.16. The van der Waals surface area contributed by atoms with Crippen LogP contribution in [0.25, 0.3) is 0 Å². The predicted molar refractivity (Wildman–Crippen MR) is 76.5 cm³/mol. The van der Waals surface area contributed by atoms with Crippen molar-refractivity contribution in [2.24, 2.45) is 12.8 Å². The maximum absolute atomic E-state index is 14.0. The molecule has 0 aliphatic heterocycles. The first-order valence-corrected chi connectivity index (χ1v) is 6.59. The lowest BCUT2D eigenvalue weighted by atomic mass is 9.99. The van der Waals surface area contributed by atoms with E-state index >= 15 is 0 Å². The van der Waals surface area contributed by atoms with Crippen LogP contribution in [-0.4, -0.2) is 16.9 Å². The van der Waals surface area contributed by atoms with E-state index in [1.807, 2.05) is 6.92 Å². The average molecular weight is 298 g/mol. The summed E-state index contributed by atoms with van der Waals surface area (Å²) in [6.07, 6.45) is 0.399.